The summed E-state index contributed by atoms with van der Waals surface area (Å²) >= 11 is 1.44. The predicted molar refractivity (Wildman–Crippen MR) is 94.7 cm³/mol. The summed E-state index contributed by atoms with van der Waals surface area (Å²) in [7, 11) is 4.90. The van der Waals surface area contributed by atoms with Crippen LogP contribution < -0.4 is 19.5 Å². The summed E-state index contributed by atoms with van der Waals surface area (Å²) in [6.07, 6.45) is 0. The molecule has 0 saturated heterocycles. The molecule has 0 aliphatic carbocycles. The monoisotopic (exact) mass is 343 g/mol. The van der Waals surface area contributed by atoms with Crippen LogP contribution in [0.4, 0.5) is 10.8 Å². The number of methoxy groups -OCH3 is 3. The van der Waals surface area contributed by atoms with Crippen molar-refractivity contribution in [3.05, 3.63) is 42.5 Å². The Hall–Kier alpha value is -2.80. The Bertz CT molecular complexity index is 818. The second-order valence-corrected chi connectivity index (χ2v) is 5.81. The molecule has 0 aliphatic rings. The summed E-state index contributed by atoms with van der Waals surface area (Å²) in [5, 5.41) is 13.1. The van der Waals surface area contributed by atoms with Crippen molar-refractivity contribution in [1.29, 1.82) is 0 Å². The van der Waals surface area contributed by atoms with Crippen molar-refractivity contribution in [2.45, 2.75) is 0 Å². The van der Waals surface area contributed by atoms with Crippen LogP contribution in [0, 0.1) is 0 Å². The SMILES string of the molecule is COc1ccc(Nc2nnc(-c3cc(OC)ccc3OC)s2)cc1. The molecule has 0 unspecified atom stereocenters. The maximum atomic E-state index is 5.40. The zero-order valence-electron chi connectivity index (χ0n) is 13.6. The van der Waals surface area contributed by atoms with E-state index in [1.165, 1.54) is 11.3 Å². The van der Waals surface area contributed by atoms with Crippen LogP contribution in [0.5, 0.6) is 17.2 Å². The standard InChI is InChI=1S/C17H17N3O3S/c1-21-12-6-4-11(5-7-12)18-17-20-19-16(24-17)14-10-13(22-2)8-9-15(14)23-3/h4-10H,1-3H3,(H,18,20). The van der Waals surface area contributed by atoms with Crippen molar-refractivity contribution in [3.63, 3.8) is 0 Å². The van der Waals surface area contributed by atoms with Crippen molar-refractivity contribution in [2.24, 2.45) is 0 Å². The van der Waals surface area contributed by atoms with Crippen molar-refractivity contribution >= 4 is 22.2 Å². The smallest absolute Gasteiger partial charge is 0.210 e. The van der Waals surface area contributed by atoms with Gasteiger partial charge in [-0.05, 0) is 42.5 Å². The zero-order valence-corrected chi connectivity index (χ0v) is 14.4. The quantitative estimate of drug-likeness (QED) is 0.730. The van der Waals surface area contributed by atoms with E-state index in [1.54, 1.807) is 21.3 Å². The third-order valence-electron chi connectivity index (χ3n) is 3.40. The molecule has 3 aromatic rings. The number of nitrogens with zero attached hydrogens (tertiary/aromatic N) is 2. The topological polar surface area (TPSA) is 65.5 Å². The highest BCUT2D eigenvalue weighted by atomic mass is 32.1. The lowest BCUT2D eigenvalue weighted by Crippen LogP contribution is -1.90. The second-order valence-electron chi connectivity index (χ2n) is 4.83. The van der Waals surface area contributed by atoms with E-state index in [4.69, 9.17) is 14.2 Å². The van der Waals surface area contributed by atoms with Gasteiger partial charge in [0.15, 0.2) is 5.01 Å². The Kier molecular flexibility index (Phi) is 4.81. The molecule has 7 heteroatoms. The van der Waals surface area contributed by atoms with Crippen LogP contribution in [-0.4, -0.2) is 31.5 Å². The molecule has 1 N–H and O–H groups in total. The molecule has 0 saturated carbocycles. The molecule has 1 aromatic heterocycles. The average Bonchev–Trinajstić information content (AvgIpc) is 3.10. The highest BCUT2D eigenvalue weighted by Gasteiger charge is 2.13. The molecule has 0 spiro atoms. The Labute approximate surface area is 144 Å². The van der Waals surface area contributed by atoms with Crippen molar-refractivity contribution < 1.29 is 14.2 Å². The first kappa shape index (κ1) is 16.1. The van der Waals surface area contributed by atoms with Crippen molar-refractivity contribution in [2.75, 3.05) is 26.6 Å². The third-order valence-corrected chi connectivity index (χ3v) is 4.28. The normalized spacial score (nSPS) is 10.3. The highest BCUT2D eigenvalue weighted by molar-refractivity contribution is 7.18. The van der Waals surface area contributed by atoms with Crippen LogP contribution in [0.1, 0.15) is 0 Å². The summed E-state index contributed by atoms with van der Waals surface area (Å²) in [6, 6.07) is 13.2. The summed E-state index contributed by atoms with van der Waals surface area (Å²) in [4.78, 5) is 0. The van der Waals surface area contributed by atoms with E-state index in [0.29, 0.717) is 5.13 Å². The van der Waals surface area contributed by atoms with Gasteiger partial charge in [0.2, 0.25) is 5.13 Å². The fourth-order valence-corrected chi connectivity index (χ4v) is 2.95. The van der Waals surface area contributed by atoms with E-state index in [0.717, 1.165) is 33.5 Å². The first-order chi connectivity index (χ1) is 11.7. The Morgan fingerprint density at radius 1 is 0.833 bits per heavy atom. The molecule has 124 valence electrons. The van der Waals surface area contributed by atoms with Crippen LogP contribution in [0.25, 0.3) is 10.6 Å². The van der Waals surface area contributed by atoms with Gasteiger partial charge in [0.1, 0.15) is 17.2 Å². The van der Waals surface area contributed by atoms with E-state index in [9.17, 15) is 0 Å². The molecule has 0 bridgehead atoms. The lowest BCUT2D eigenvalue weighted by Gasteiger charge is -2.07. The van der Waals surface area contributed by atoms with Gasteiger partial charge in [-0.25, -0.2) is 0 Å². The number of nitrogens with one attached hydrogen (secondary N) is 1. The number of anilines is 2. The minimum atomic E-state index is 0.694. The van der Waals surface area contributed by atoms with E-state index in [-0.39, 0.29) is 0 Å². The number of aromatic nitrogens is 2. The van der Waals surface area contributed by atoms with E-state index in [1.807, 2.05) is 42.5 Å². The molecule has 3 rings (SSSR count). The minimum absolute atomic E-state index is 0.694. The third kappa shape index (κ3) is 3.41. The molecule has 2 aromatic carbocycles. The van der Waals surface area contributed by atoms with Gasteiger partial charge in [-0.3, -0.25) is 0 Å². The fraction of sp³-hybridized carbons (Fsp3) is 0.176. The van der Waals surface area contributed by atoms with E-state index >= 15 is 0 Å². The van der Waals surface area contributed by atoms with Crippen LogP contribution in [0.15, 0.2) is 42.5 Å². The van der Waals surface area contributed by atoms with Gasteiger partial charge in [0.05, 0.1) is 26.9 Å². The van der Waals surface area contributed by atoms with Gasteiger partial charge in [-0.2, -0.15) is 0 Å². The van der Waals surface area contributed by atoms with E-state index < -0.39 is 0 Å². The lowest BCUT2D eigenvalue weighted by molar-refractivity contribution is 0.404. The van der Waals surface area contributed by atoms with Crippen LogP contribution in [0.2, 0.25) is 0 Å². The van der Waals surface area contributed by atoms with Crippen LogP contribution in [-0.2, 0) is 0 Å². The summed E-state index contributed by atoms with van der Waals surface area (Å²) in [5.41, 5.74) is 1.76. The minimum Gasteiger partial charge on any atom is -0.497 e. The van der Waals surface area contributed by atoms with Crippen molar-refractivity contribution in [1.82, 2.24) is 10.2 Å². The van der Waals surface area contributed by atoms with Gasteiger partial charge in [-0.15, -0.1) is 10.2 Å². The molecular weight excluding hydrogens is 326 g/mol. The maximum Gasteiger partial charge on any atom is 0.210 e. The van der Waals surface area contributed by atoms with Crippen LogP contribution >= 0.6 is 11.3 Å². The maximum absolute atomic E-state index is 5.40. The van der Waals surface area contributed by atoms with E-state index in [2.05, 4.69) is 15.5 Å². The number of benzene rings is 2. The fourth-order valence-electron chi connectivity index (χ4n) is 2.16. The van der Waals surface area contributed by atoms with Gasteiger partial charge < -0.3 is 19.5 Å². The van der Waals surface area contributed by atoms with Crippen LogP contribution in [0.3, 0.4) is 0 Å². The molecule has 0 atom stereocenters. The molecular formula is C17H17N3O3S. The number of hydrogen-bond acceptors (Lipinski definition) is 7. The molecule has 1 heterocycles. The second kappa shape index (κ2) is 7.18. The number of hydrogen-bond donors (Lipinski definition) is 1. The summed E-state index contributed by atoms with van der Waals surface area (Å²) < 4.78 is 15.8. The molecule has 0 amide bonds. The zero-order chi connectivity index (χ0) is 16.9. The molecule has 6 nitrogen and oxygen atoms in total. The number of rotatable bonds is 6. The van der Waals surface area contributed by atoms with Gasteiger partial charge in [-0.1, -0.05) is 11.3 Å². The highest BCUT2D eigenvalue weighted by Crippen LogP contribution is 2.36. The summed E-state index contributed by atoms with van der Waals surface area (Å²) in [5.74, 6) is 2.27. The average molecular weight is 343 g/mol. The Morgan fingerprint density at radius 2 is 1.54 bits per heavy atom. The molecule has 0 aliphatic heterocycles. The first-order valence-electron chi connectivity index (χ1n) is 7.20. The van der Waals surface area contributed by atoms with Gasteiger partial charge in [0.25, 0.3) is 0 Å². The molecule has 0 fully saturated rings. The first-order valence-corrected chi connectivity index (χ1v) is 8.02. The largest absolute Gasteiger partial charge is 0.497 e. The Morgan fingerprint density at radius 3 is 2.21 bits per heavy atom. The predicted octanol–water partition coefficient (Wildman–Crippen LogP) is 3.97. The lowest BCUT2D eigenvalue weighted by atomic mass is 10.2. The molecule has 0 radical (unpaired) electrons. The van der Waals surface area contributed by atoms with Crippen molar-refractivity contribution in [3.8, 4) is 27.8 Å². The van der Waals surface area contributed by atoms with Gasteiger partial charge in [0, 0.05) is 5.69 Å². The number of ether oxygens (including phenoxy) is 3. The molecule has 24 heavy (non-hydrogen) atoms. The summed E-state index contributed by atoms with van der Waals surface area (Å²) in [6.45, 7) is 0. The van der Waals surface area contributed by atoms with Gasteiger partial charge >= 0.3 is 0 Å². The Balaban J connectivity index is 1.84.